The van der Waals surface area contributed by atoms with E-state index in [1.165, 1.54) is 6.20 Å². The van der Waals surface area contributed by atoms with Crippen LogP contribution in [0.3, 0.4) is 0 Å². The first-order chi connectivity index (χ1) is 12.1. The summed E-state index contributed by atoms with van der Waals surface area (Å²) in [5, 5.41) is 0.741. The average molecular weight is 371 g/mol. The van der Waals surface area contributed by atoms with Gasteiger partial charge in [-0.05, 0) is 35.9 Å². The maximum Gasteiger partial charge on any atom is 0.416 e. The van der Waals surface area contributed by atoms with E-state index in [4.69, 9.17) is 4.74 Å². The lowest BCUT2D eigenvalue weighted by atomic mass is 10.1. The topological polar surface area (TPSA) is 22.1 Å². The summed E-state index contributed by atoms with van der Waals surface area (Å²) in [5.41, 5.74) is -2.51. The number of ether oxygens (including phenoxy) is 1. The zero-order valence-corrected chi connectivity index (χ0v) is 13.0. The predicted octanol–water partition coefficient (Wildman–Crippen LogP) is 5.85. The van der Waals surface area contributed by atoms with Gasteiger partial charge in [-0.15, -0.1) is 0 Å². The molecule has 0 unspecified atom stereocenters. The van der Waals surface area contributed by atoms with Crippen LogP contribution in [0.25, 0.3) is 10.9 Å². The van der Waals surface area contributed by atoms with Gasteiger partial charge in [-0.25, -0.2) is 0 Å². The minimum atomic E-state index is -4.89. The Bertz CT molecular complexity index is 895. The summed E-state index contributed by atoms with van der Waals surface area (Å²) in [4.78, 5) is 4.12. The molecule has 0 bridgehead atoms. The van der Waals surface area contributed by atoms with E-state index < -0.39 is 30.1 Å². The van der Waals surface area contributed by atoms with Crippen molar-refractivity contribution in [2.45, 2.75) is 19.0 Å². The number of benzene rings is 2. The fourth-order valence-corrected chi connectivity index (χ4v) is 2.46. The second-order valence-corrected chi connectivity index (χ2v) is 5.53. The van der Waals surface area contributed by atoms with E-state index in [9.17, 15) is 26.3 Å². The largest absolute Gasteiger partial charge is 0.487 e. The van der Waals surface area contributed by atoms with Crippen molar-refractivity contribution < 1.29 is 31.1 Å². The van der Waals surface area contributed by atoms with Gasteiger partial charge in [0.15, 0.2) is 0 Å². The highest BCUT2D eigenvalue weighted by Crippen LogP contribution is 2.36. The third-order valence-electron chi connectivity index (χ3n) is 3.64. The number of pyridine rings is 1. The molecule has 1 heterocycles. The van der Waals surface area contributed by atoms with Crippen LogP contribution in [0.1, 0.15) is 16.7 Å². The number of aromatic nitrogens is 1. The molecule has 1 aromatic heterocycles. The van der Waals surface area contributed by atoms with Crippen LogP contribution in [-0.2, 0) is 19.0 Å². The Hall–Kier alpha value is -2.77. The summed E-state index contributed by atoms with van der Waals surface area (Å²) in [7, 11) is 0. The Kier molecular flexibility index (Phi) is 4.52. The minimum absolute atomic E-state index is 0.0863. The van der Waals surface area contributed by atoms with Crippen molar-refractivity contribution in [1.82, 2.24) is 4.98 Å². The number of alkyl halides is 6. The Labute approximate surface area is 144 Å². The molecule has 3 rings (SSSR count). The molecule has 0 saturated carbocycles. The Balaban J connectivity index is 1.94. The summed E-state index contributed by atoms with van der Waals surface area (Å²) in [6.45, 7) is -0.456. The fourth-order valence-electron chi connectivity index (χ4n) is 2.46. The Morgan fingerprint density at radius 3 is 2.04 bits per heavy atom. The van der Waals surface area contributed by atoms with Crippen molar-refractivity contribution in [1.29, 1.82) is 0 Å². The molecule has 0 aliphatic carbocycles. The molecule has 0 saturated heterocycles. The van der Waals surface area contributed by atoms with Crippen molar-refractivity contribution >= 4 is 10.9 Å². The molecule has 26 heavy (non-hydrogen) atoms. The van der Waals surface area contributed by atoms with Gasteiger partial charge in [0, 0.05) is 11.6 Å². The van der Waals surface area contributed by atoms with Crippen LogP contribution in [0.5, 0.6) is 5.75 Å². The first-order valence-electron chi connectivity index (χ1n) is 7.39. The van der Waals surface area contributed by atoms with E-state index in [1.807, 2.05) is 0 Å². The molecule has 2 nitrogen and oxygen atoms in total. The van der Waals surface area contributed by atoms with Crippen LogP contribution in [0, 0.1) is 0 Å². The van der Waals surface area contributed by atoms with E-state index in [-0.39, 0.29) is 17.4 Å². The smallest absolute Gasteiger partial charge is 0.416 e. The number of para-hydroxylation sites is 1. The van der Waals surface area contributed by atoms with E-state index in [2.05, 4.69) is 4.98 Å². The monoisotopic (exact) mass is 371 g/mol. The molecule has 0 fully saturated rings. The quantitative estimate of drug-likeness (QED) is 0.539. The van der Waals surface area contributed by atoms with Gasteiger partial charge in [-0.2, -0.15) is 26.3 Å². The molecule has 0 radical (unpaired) electrons. The molecular formula is C18H11F6NO. The summed E-state index contributed by atoms with van der Waals surface area (Å²) >= 11 is 0. The number of hydrogen-bond donors (Lipinski definition) is 0. The third-order valence-corrected chi connectivity index (χ3v) is 3.64. The summed E-state index contributed by atoms with van der Waals surface area (Å²) in [6.07, 6.45) is -8.27. The summed E-state index contributed by atoms with van der Waals surface area (Å²) in [6, 6.07) is 9.82. The van der Waals surface area contributed by atoms with Crippen molar-refractivity contribution in [3.63, 3.8) is 0 Å². The highest BCUT2D eigenvalue weighted by molar-refractivity contribution is 5.84. The second-order valence-electron chi connectivity index (χ2n) is 5.53. The van der Waals surface area contributed by atoms with E-state index >= 15 is 0 Å². The first kappa shape index (κ1) is 18.0. The molecule has 0 aliphatic rings. The van der Waals surface area contributed by atoms with Gasteiger partial charge in [-0.1, -0.05) is 18.2 Å². The lowest BCUT2D eigenvalue weighted by Gasteiger charge is -2.15. The normalized spacial score (nSPS) is 12.4. The number of halogens is 6. The zero-order valence-electron chi connectivity index (χ0n) is 13.0. The molecule has 8 heteroatoms. The standard InChI is InChI=1S/C18H11F6NO/c19-17(20,21)13-7-11(8-14(9-13)18(22,23)24)10-26-15-5-1-3-12-4-2-6-25-16(12)15/h1-9H,10H2. The molecule has 0 amide bonds. The van der Waals surface area contributed by atoms with E-state index in [1.54, 1.807) is 30.3 Å². The number of hydrogen-bond acceptors (Lipinski definition) is 2. The van der Waals surface area contributed by atoms with Crippen LogP contribution in [-0.4, -0.2) is 4.98 Å². The lowest BCUT2D eigenvalue weighted by molar-refractivity contribution is -0.143. The number of nitrogens with zero attached hydrogens (tertiary/aromatic N) is 1. The highest BCUT2D eigenvalue weighted by Gasteiger charge is 2.36. The van der Waals surface area contributed by atoms with Crippen LogP contribution in [0.4, 0.5) is 26.3 Å². The fraction of sp³-hybridized carbons (Fsp3) is 0.167. The number of fused-ring (bicyclic) bond motifs is 1. The van der Waals surface area contributed by atoms with Gasteiger partial charge in [0.1, 0.15) is 17.9 Å². The Morgan fingerprint density at radius 2 is 1.42 bits per heavy atom. The van der Waals surface area contributed by atoms with Gasteiger partial charge in [-0.3, -0.25) is 4.98 Å². The van der Waals surface area contributed by atoms with Gasteiger partial charge in [0.05, 0.1) is 11.1 Å². The third kappa shape index (κ3) is 3.89. The molecule has 0 atom stereocenters. The molecular weight excluding hydrogens is 360 g/mol. The molecule has 2 aromatic carbocycles. The average Bonchev–Trinajstić information content (AvgIpc) is 2.58. The first-order valence-corrected chi connectivity index (χ1v) is 7.39. The molecule has 3 aromatic rings. The molecule has 0 aliphatic heterocycles. The van der Waals surface area contributed by atoms with Gasteiger partial charge in [0.2, 0.25) is 0 Å². The zero-order chi connectivity index (χ0) is 18.9. The van der Waals surface area contributed by atoms with E-state index in [0.29, 0.717) is 17.6 Å². The maximum atomic E-state index is 12.9. The molecule has 136 valence electrons. The highest BCUT2D eigenvalue weighted by atomic mass is 19.4. The molecule has 0 spiro atoms. The van der Waals surface area contributed by atoms with Gasteiger partial charge < -0.3 is 4.74 Å². The van der Waals surface area contributed by atoms with Crippen LogP contribution in [0.15, 0.2) is 54.7 Å². The summed E-state index contributed by atoms with van der Waals surface area (Å²) in [5.74, 6) is 0.272. The van der Waals surface area contributed by atoms with Gasteiger partial charge >= 0.3 is 12.4 Å². The van der Waals surface area contributed by atoms with Gasteiger partial charge in [0.25, 0.3) is 0 Å². The summed E-state index contributed by atoms with van der Waals surface area (Å²) < 4.78 is 82.8. The predicted molar refractivity (Wildman–Crippen MR) is 82.5 cm³/mol. The lowest BCUT2D eigenvalue weighted by Crippen LogP contribution is -2.12. The van der Waals surface area contributed by atoms with E-state index in [0.717, 1.165) is 5.39 Å². The number of rotatable bonds is 3. The van der Waals surface area contributed by atoms with Crippen molar-refractivity contribution in [3.8, 4) is 5.75 Å². The SMILES string of the molecule is FC(F)(F)c1cc(COc2cccc3cccnc23)cc(C(F)(F)F)c1. The van der Waals surface area contributed by atoms with Crippen LogP contribution < -0.4 is 4.74 Å². The Morgan fingerprint density at radius 1 is 0.808 bits per heavy atom. The van der Waals surface area contributed by atoms with Crippen molar-refractivity contribution in [3.05, 3.63) is 71.4 Å². The second kappa shape index (κ2) is 6.51. The minimum Gasteiger partial charge on any atom is -0.487 e. The maximum absolute atomic E-state index is 12.9. The van der Waals surface area contributed by atoms with Crippen LogP contribution in [0.2, 0.25) is 0 Å². The van der Waals surface area contributed by atoms with Crippen molar-refractivity contribution in [2.24, 2.45) is 0 Å². The van der Waals surface area contributed by atoms with Crippen molar-refractivity contribution in [2.75, 3.05) is 0 Å². The molecule has 0 N–H and O–H groups in total. The van der Waals surface area contributed by atoms with Crippen LogP contribution >= 0.6 is 0 Å².